The fraction of sp³-hybridized carbons (Fsp3) is 0.455. The molecule has 0 amide bonds. The summed E-state index contributed by atoms with van der Waals surface area (Å²) < 4.78 is 0. The second-order valence-corrected chi connectivity index (χ2v) is 3.97. The first kappa shape index (κ1) is 11.8. The first-order valence-electron chi connectivity index (χ1n) is 4.83. The predicted molar refractivity (Wildman–Crippen MR) is 63.5 cm³/mol. The fourth-order valence-corrected chi connectivity index (χ4v) is 2.21. The molecule has 0 aromatic heterocycles. The minimum Gasteiger partial charge on any atom is -0.316 e. The monoisotopic (exact) mass is 231 g/mol. The average molecular weight is 232 g/mol. The molecule has 1 aliphatic rings. The number of halogens is 2. The van der Waals surface area contributed by atoms with Crippen LogP contribution in [0.15, 0.2) is 24.3 Å². The lowest BCUT2D eigenvalue weighted by Gasteiger charge is -2.23. The summed E-state index contributed by atoms with van der Waals surface area (Å²) in [6.07, 6.45) is 2.52. The summed E-state index contributed by atoms with van der Waals surface area (Å²) in [5.74, 6) is 0.613. The van der Waals surface area contributed by atoms with E-state index in [1.807, 2.05) is 12.1 Å². The van der Waals surface area contributed by atoms with Gasteiger partial charge in [0, 0.05) is 11.6 Å². The normalized spacial score (nSPS) is 21.4. The molecule has 3 heteroatoms. The Morgan fingerprint density at radius 3 is 2.71 bits per heavy atom. The van der Waals surface area contributed by atoms with Crippen LogP contribution in [0.25, 0.3) is 0 Å². The van der Waals surface area contributed by atoms with E-state index in [0.29, 0.717) is 5.92 Å². The van der Waals surface area contributed by atoms with Crippen LogP contribution in [0.3, 0.4) is 0 Å². The van der Waals surface area contributed by atoms with Crippen molar-refractivity contribution in [2.75, 3.05) is 13.1 Å². The number of benzene rings is 1. The average Bonchev–Trinajstić information content (AvgIpc) is 2.20. The van der Waals surface area contributed by atoms with Gasteiger partial charge in [0.15, 0.2) is 0 Å². The van der Waals surface area contributed by atoms with Gasteiger partial charge in [-0.25, -0.2) is 0 Å². The largest absolute Gasteiger partial charge is 0.316 e. The van der Waals surface area contributed by atoms with E-state index in [4.69, 9.17) is 11.6 Å². The number of hydrogen-bond donors (Lipinski definition) is 1. The second-order valence-electron chi connectivity index (χ2n) is 3.56. The Hall–Kier alpha value is -0.240. The maximum atomic E-state index is 6.13. The molecule has 0 saturated carbocycles. The molecule has 1 heterocycles. The summed E-state index contributed by atoms with van der Waals surface area (Å²) in [5, 5.41) is 4.32. The van der Waals surface area contributed by atoms with Crippen LogP contribution in [-0.4, -0.2) is 13.1 Å². The van der Waals surface area contributed by atoms with Gasteiger partial charge in [-0.3, -0.25) is 0 Å². The van der Waals surface area contributed by atoms with E-state index < -0.39 is 0 Å². The highest BCUT2D eigenvalue weighted by Crippen LogP contribution is 2.28. The van der Waals surface area contributed by atoms with E-state index in [1.165, 1.54) is 18.4 Å². The first-order chi connectivity index (χ1) is 6.38. The molecule has 1 N–H and O–H groups in total. The number of rotatable bonds is 1. The van der Waals surface area contributed by atoms with Crippen molar-refractivity contribution in [2.45, 2.75) is 18.8 Å². The van der Waals surface area contributed by atoms with Crippen LogP contribution in [0, 0.1) is 0 Å². The highest BCUT2D eigenvalue weighted by molar-refractivity contribution is 6.31. The molecule has 1 saturated heterocycles. The van der Waals surface area contributed by atoms with Crippen molar-refractivity contribution in [1.82, 2.24) is 5.32 Å². The van der Waals surface area contributed by atoms with Crippen molar-refractivity contribution in [3.05, 3.63) is 34.9 Å². The van der Waals surface area contributed by atoms with E-state index in [-0.39, 0.29) is 12.4 Å². The van der Waals surface area contributed by atoms with E-state index >= 15 is 0 Å². The van der Waals surface area contributed by atoms with Gasteiger partial charge in [-0.1, -0.05) is 29.8 Å². The van der Waals surface area contributed by atoms with Gasteiger partial charge in [-0.15, -0.1) is 12.4 Å². The van der Waals surface area contributed by atoms with E-state index in [1.54, 1.807) is 0 Å². The maximum absolute atomic E-state index is 6.13. The highest BCUT2D eigenvalue weighted by Gasteiger charge is 2.16. The molecule has 1 fully saturated rings. The van der Waals surface area contributed by atoms with Crippen LogP contribution in [0.5, 0.6) is 0 Å². The summed E-state index contributed by atoms with van der Waals surface area (Å²) >= 11 is 6.13. The standard InChI is InChI=1S/C11H14ClN.ClH/c12-11-6-2-1-5-10(11)9-4-3-7-13-8-9;/h1-2,5-6,9,13H,3-4,7-8H2;1H. The molecule has 0 aliphatic carbocycles. The molecule has 1 atom stereocenters. The highest BCUT2D eigenvalue weighted by atomic mass is 35.5. The third kappa shape index (κ3) is 2.63. The van der Waals surface area contributed by atoms with Crippen LogP contribution >= 0.6 is 24.0 Å². The predicted octanol–water partition coefficient (Wildman–Crippen LogP) is 3.23. The summed E-state index contributed by atoms with van der Waals surface area (Å²) in [7, 11) is 0. The summed E-state index contributed by atoms with van der Waals surface area (Å²) in [6, 6.07) is 8.17. The fourth-order valence-electron chi connectivity index (χ4n) is 1.92. The SMILES string of the molecule is Cl.Clc1ccccc1C1CCCNC1. The smallest absolute Gasteiger partial charge is 0.0441 e. The van der Waals surface area contributed by atoms with Gasteiger partial charge in [-0.2, -0.15) is 0 Å². The summed E-state index contributed by atoms with van der Waals surface area (Å²) in [4.78, 5) is 0. The van der Waals surface area contributed by atoms with Crippen LogP contribution in [0.2, 0.25) is 5.02 Å². The lowest BCUT2D eigenvalue weighted by atomic mass is 9.92. The Bertz CT molecular complexity index is 282. The van der Waals surface area contributed by atoms with E-state index in [0.717, 1.165) is 18.1 Å². The molecule has 2 rings (SSSR count). The zero-order chi connectivity index (χ0) is 9.10. The minimum absolute atomic E-state index is 0. The van der Waals surface area contributed by atoms with Gasteiger partial charge in [0.1, 0.15) is 0 Å². The molecule has 78 valence electrons. The van der Waals surface area contributed by atoms with E-state index in [2.05, 4.69) is 17.4 Å². The molecule has 0 spiro atoms. The van der Waals surface area contributed by atoms with Gasteiger partial charge in [0.2, 0.25) is 0 Å². The van der Waals surface area contributed by atoms with Gasteiger partial charge >= 0.3 is 0 Å². The number of nitrogens with one attached hydrogen (secondary N) is 1. The molecule has 0 bridgehead atoms. The zero-order valence-electron chi connectivity index (χ0n) is 8.00. The molecule has 1 unspecified atom stereocenters. The molecule has 1 nitrogen and oxygen atoms in total. The lowest BCUT2D eigenvalue weighted by Crippen LogP contribution is -2.28. The van der Waals surface area contributed by atoms with Crippen molar-refractivity contribution < 1.29 is 0 Å². The summed E-state index contributed by atoms with van der Waals surface area (Å²) in [6.45, 7) is 2.23. The summed E-state index contributed by atoms with van der Waals surface area (Å²) in [5.41, 5.74) is 1.30. The van der Waals surface area contributed by atoms with Gasteiger partial charge in [-0.05, 0) is 36.9 Å². The molecule has 0 radical (unpaired) electrons. The lowest BCUT2D eigenvalue weighted by molar-refractivity contribution is 0.462. The van der Waals surface area contributed by atoms with Crippen LogP contribution in [0.4, 0.5) is 0 Å². The minimum atomic E-state index is 0. The zero-order valence-corrected chi connectivity index (χ0v) is 9.57. The van der Waals surface area contributed by atoms with Crippen LogP contribution < -0.4 is 5.32 Å². The van der Waals surface area contributed by atoms with Gasteiger partial charge in [0.25, 0.3) is 0 Å². The molecular formula is C11H15Cl2N. The molecule has 14 heavy (non-hydrogen) atoms. The van der Waals surface area contributed by atoms with E-state index in [9.17, 15) is 0 Å². The molecule has 1 aromatic carbocycles. The van der Waals surface area contributed by atoms with Crippen LogP contribution in [0.1, 0.15) is 24.3 Å². The van der Waals surface area contributed by atoms with Gasteiger partial charge in [0.05, 0.1) is 0 Å². The third-order valence-electron chi connectivity index (χ3n) is 2.64. The third-order valence-corrected chi connectivity index (χ3v) is 2.99. The second kappa shape index (κ2) is 5.59. The van der Waals surface area contributed by atoms with Crippen molar-refractivity contribution in [3.8, 4) is 0 Å². The molecular weight excluding hydrogens is 217 g/mol. The topological polar surface area (TPSA) is 12.0 Å². The Balaban J connectivity index is 0.000000980. The Morgan fingerprint density at radius 1 is 1.29 bits per heavy atom. The maximum Gasteiger partial charge on any atom is 0.0441 e. The quantitative estimate of drug-likeness (QED) is 0.783. The van der Waals surface area contributed by atoms with Gasteiger partial charge < -0.3 is 5.32 Å². The first-order valence-corrected chi connectivity index (χ1v) is 5.21. The Morgan fingerprint density at radius 2 is 2.07 bits per heavy atom. The Labute approximate surface area is 96.3 Å². The Kier molecular flexibility index (Phi) is 4.73. The van der Waals surface area contributed by atoms with Crippen LogP contribution in [-0.2, 0) is 0 Å². The number of hydrogen-bond acceptors (Lipinski definition) is 1. The molecule has 1 aromatic rings. The van der Waals surface area contributed by atoms with Crippen molar-refractivity contribution in [3.63, 3.8) is 0 Å². The van der Waals surface area contributed by atoms with Crippen molar-refractivity contribution in [2.24, 2.45) is 0 Å². The van der Waals surface area contributed by atoms with Crippen molar-refractivity contribution >= 4 is 24.0 Å². The number of piperidine rings is 1. The molecule has 1 aliphatic heterocycles. The van der Waals surface area contributed by atoms with Crippen molar-refractivity contribution in [1.29, 1.82) is 0 Å².